The third-order valence-electron chi connectivity index (χ3n) is 3.90. The summed E-state index contributed by atoms with van der Waals surface area (Å²) in [6.07, 6.45) is 1.49. The molecule has 0 aliphatic rings. The summed E-state index contributed by atoms with van der Waals surface area (Å²) >= 11 is 0. The van der Waals surface area contributed by atoms with Crippen molar-refractivity contribution in [3.8, 4) is 0 Å². The van der Waals surface area contributed by atoms with Crippen molar-refractivity contribution in [1.29, 1.82) is 0 Å². The molecular weight excluding hydrogens is 318 g/mol. The van der Waals surface area contributed by atoms with Crippen LogP contribution in [0.5, 0.6) is 0 Å². The first-order chi connectivity index (χ1) is 11.9. The number of nitrogens with one attached hydrogen (secondary N) is 2. The Morgan fingerprint density at radius 3 is 2.64 bits per heavy atom. The van der Waals surface area contributed by atoms with Crippen LogP contribution in [0.15, 0.2) is 53.1 Å². The van der Waals surface area contributed by atoms with Gasteiger partial charge < -0.3 is 25.1 Å². The van der Waals surface area contributed by atoms with Gasteiger partial charge in [0.2, 0.25) is 0 Å². The molecule has 6 nitrogen and oxygen atoms in total. The lowest BCUT2D eigenvalue weighted by atomic mass is 10.0. The van der Waals surface area contributed by atoms with Gasteiger partial charge in [-0.15, -0.1) is 0 Å². The van der Waals surface area contributed by atoms with Crippen LogP contribution in [-0.4, -0.2) is 42.2 Å². The molecule has 2 aromatic rings. The van der Waals surface area contributed by atoms with E-state index in [-0.39, 0.29) is 18.6 Å². The van der Waals surface area contributed by atoms with Gasteiger partial charge in [0.15, 0.2) is 0 Å². The maximum atomic E-state index is 12.0. The average molecular weight is 345 g/mol. The number of hydrogen-bond donors (Lipinski definition) is 3. The van der Waals surface area contributed by atoms with Crippen molar-refractivity contribution in [3.05, 3.63) is 60.1 Å². The lowest BCUT2D eigenvalue weighted by Gasteiger charge is -2.24. The summed E-state index contributed by atoms with van der Waals surface area (Å²) in [7, 11) is 2.02. The number of rotatable bonds is 8. The lowest BCUT2D eigenvalue weighted by molar-refractivity contribution is 0.0366. The van der Waals surface area contributed by atoms with Gasteiger partial charge >= 0.3 is 6.03 Å². The summed E-state index contributed by atoms with van der Waals surface area (Å²) in [5, 5.41) is 15.9. The average Bonchev–Trinajstić information content (AvgIpc) is 3.09. The summed E-state index contributed by atoms with van der Waals surface area (Å²) in [5.41, 5.74) is -0.00934. The summed E-state index contributed by atoms with van der Waals surface area (Å²) in [5.74, 6) is 0.420. The zero-order valence-electron chi connectivity index (χ0n) is 15.0. The first kappa shape index (κ1) is 19.0. The van der Waals surface area contributed by atoms with Gasteiger partial charge in [0.1, 0.15) is 11.4 Å². The van der Waals surface area contributed by atoms with Gasteiger partial charge in [-0.2, -0.15) is 0 Å². The van der Waals surface area contributed by atoms with Crippen LogP contribution in [0.3, 0.4) is 0 Å². The fourth-order valence-electron chi connectivity index (χ4n) is 2.67. The Morgan fingerprint density at radius 1 is 1.28 bits per heavy atom. The first-order valence-electron chi connectivity index (χ1n) is 8.40. The Balaban J connectivity index is 1.72. The number of carbonyl (C=O) groups excluding carboxylic acids is 1. The van der Waals surface area contributed by atoms with Crippen LogP contribution < -0.4 is 10.6 Å². The number of nitrogens with zero attached hydrogens (tertiary/aromatic N) is 1. The number of carbonyl (C=O) groups is 1. The van der Waals surface area contributed by atoms with E-state index in [1.807, 2.05) is 32.2 Å². The molecule has 0 radical (unpaired) electrons. The van der Waals surface area contributed by atoms with Crippen LogP contribution in [0.4, 0.5) is 4.79 Å². The van der Waals surface area contributed by atoms with Gasteiger partial charge in [0.25, 0.3) is 0 Å². The number of urea groups is 1. The van der Waals surface area contributed by atoms with E-state index in [1.165, 1.54) is 11.8 Å². The van der Waals surface area contributed by atoms with Crippen molar-refractivity contribution in [3.63, 3.8) is 0 Å². The third-order valence-corrected chi connectivity index (χ3v) is 3.90. The second-order valence-corrected chi connectivity index (χ2v) is 6.66. The summed E-state index contributed by atoms with van der Waals surface area (Å²) < 4.78 is 5.19. The molecule has 0 spiro atoms. The predicted octanol–water partition coefficient (Wildman–Crippen LogP) is 2.31. The highest BCUT2D eigenvalue weighted by atomic mass is 16.4. The highest BCUT2D eigenvalue weighted by Gasteiger charge is 2.26. The normalized spacial score (nSPS) is 14.8. The molecule has 1 aromatic heterocycles. The molecule has 2 unspecified atom stereocenters. The number of furan rings is 1. The van der Waals surface area contributed by atoms with E-state index in [4.69, 9.17) is 4.42 Å². The maximum Gasteiger partial charge on any atom is 0.315 e. The molecule has 25 heavy (non-hydrogen) atoms. The van der Waals surface area contributed by atoms with Crippen molar-refractivity contribution < 1.29 is 14.3 Å². The molecule has 1 aromatic carbocycles. The highest BCUT2D eigenvalue weighted by molar-refractivity contribution is 5.74. The van der Waals surface area contributed by atoms with E-state index >= 15 is 0 Å². The minimum Gasteiger partial charge on any atom is -0.466 e. The van der Waals surface area contributed by atoms with Crippen LogP contribution in [-0.2, 0) is 12.1 Å². The first-order valence-corrected chi connectivity index (χ1v) is 8.40. The standard InChI is InChI=1S/C19H27N3O3/c1-15(12-22(3)13-16-8-5-4-6-9-16)21-18(23)20-14-19(2,24)17-10-7-11-25-17/h4-11,15,24H,12-14H2,1-3H3,(H2,20,21,23). The second kappa shape index (κ2) is 8.69. The van der Waals surface area contributed by atoms with Crippen LogP contribution in [0, 0.1) is 0 Å². The van der Waals surface area contributed by atoms with E-state index < -0.39 is 5.60 Å². The van der Waals surface area contributed by atoms with Crippen molar-refractivity contribution in [1.82, 2.24) is 15.5 Å². The smallest absolute Gasteiger partial charge is 0.315 e. The zero-order valence-corrected chi connectivity index (χ0v) is 15.0. The molecular formula is C19H27N3O3. The van der Waals surface area contributed by atoms with Crippen molar-refractivity contribution in [2.24, 2.45) is 0 Å². The molecule has 0 aliphatic heterocycles. The molecule has 0 saturated carbocycles. The highest BCUT2D eigenvalue weighted by Crippen LogP contribution is 2.19. The molecule has 6 heteroatoms. The molecule has 1 heterocycles. The van der Waals surface area contributed by atoms with Crippen LogP contribution in [0.2, 0.25) is 0 Å². The molecule has 136 valence electrons. The number of aliphatic hydroxyl groups is 1. The maximum absolute atomic E-state index is 12.0. The fraction of sp³-hybridized carbons (Fsp3) is 0.421. The Kier molecular flexibility index (Phi) is 6.61. The number of amides is 2. The van der Waals surface area contributed by atoms with Gasteiger partial charge in [-0.1, -0.05) is 30.3 Å². The SMILES string of the molecule is CC(CN(C)Cc1ccccc1)NC(=O)NCC(C)(O)c1ccco1. The Hall–Kier alpha value is -2.31. The van der Waals surface area contributed by atoms with Gasteiger partial charge in [-0.05, 0) is 38.6 Å². The molecule has 3 N–H and O–H groups in total. The predicted molar refractivity (Wildman–Crippen MR) is 97.1 cm³/mol. The number of benzene rings is 1. The van der Waals surface area contributed by atoms with Gasteiger partial charge in [0.05, 0.1) is 12.8 Å². The number of likely N-dealkylation sites (N-methyl/N-ethyl adjacent to an activating group) is 1. The van der Waals surface area contributed by atoms with E-state index in [9.17, 15) is 9.90 Å². The Bertz CT molecular complexity index is 641. The Labute approximate surface area is 148 Å². The van der Waals surface area contributed by atoms with Crippen molar-refractivity contribution >= 4 is 6.03 Å². The molecule has 2 amide bonds. The summed E-state index contributed by atoms with van der Waals surface area (Å²) in [6.45, 7) is 5.16. The molecule has 0 aliphatic carbocycles. The Morgan fingerprint density at radius 2 is 2.00 bits per heavy atom. The van der Waals surface area contributed by atoms with Gasteiger partial charge in [-0.25, -0.2) is 4.79 Å². The topological polar surface area (TPSA) is 77.7 Å². The van der Waals surface area contributed by atoms with Gasteiger partial charge in [-0.3, -0.25) is 0 Å². The van der Waals surface area contributed by atoms with Crippen molar-refractivity contribution in [2.45, 2.75) is 32.0 Å². The molecule has 0 fully saturated rings. The van der Waals surface area contributed by atoms with E-state index in [0.29, 0.717) is 5.76 Å². The molecule has 2 rings (SSSR count). The van der Waals surface area contributed by atoms with Gasteiger partial charge in [0, 0.05) is 19.1 Å². The van der Waals surface area contributed by atoms with Crippen molar-refractivity contribution in [2.75, 3.05) is 20.1 Å². The van der Waals surface area contributed by atoms with E-state index in [2.05, 4.69) is 27.7 Å². The third kappa shape index (κ3) is 6.25. The molecule has 0 bridgehead atoms. The minimum atomic E-state index is -1.24. The molecule has 2 atom stereocenters. The van der Waals surface area contributed by atoms with Crippen LogP contribution in [0.25, 0.3) is 0 Å². The zero-order chi connectivity index (χ0) is 18.3. The van der Waals surface area contributed by atoms with Crippen LogP contribution >= 0.6 is 0 Å². The quantitative estimate of drug-likeness (QED) is 0.686. The monoisotopic (exact) mass is 345 g/mol. The lowest BCUT2D eigenvalue weighted by Crippen LogP contribution is -2.48. The fourth-order valence-corrected chi connectivity index (χ4v) is 2.67. The minimum absolute atomic E-state index is 0.0257. The largest absolute Gasteiger partial charge is 0.466 e. The summed E-state index contributed by atoms with van der Waals surface area (Å²) in [6, 6.07) is 13.2. The van der Waals surface area contributed by atoms with Crippen LogP contribution in [0.1, 0.15) is 25.2 Å². The second-order valence-electron chi connectivity index (χ2n) is 6.66. The number of hydrogen-bond acceptors (Lipinski definition) is 4. The van der Waals surface area contributed by atoms with E-state index in [0.717, 1.165) is 13.1 Å². The summed E-state index contributed by atoms with van der Waals surface area (Å²) in [4.78, 5) is 14.2. The van der Waals surface area contributed by atoms with E-state index in [1.54, 1.807) is 19.1 Å². The molecule has 0 saturated heterocycles.